The van der Waals surface area contributed by atoms with E-state index in [0.29, 0.717) is 49.3 Å². The third-order valence-corrected chi connectivity index (χ3v) is 7.05. The van der Waals surface area contributed by atoms with Gasteiger partial charge in [0, 0.05) is 48.9 Å². The molecular formula is C26H26N10O2. The molecule has 1 amide bonds. The quantitative estimate of drug-likeness (QED) is 0.293. The molecule has 4 N–H and O–H groups in total. The number of hydrogen-bond donors (Lipinski definition) is 3. The first-order valence-electron chi connectivity index (χ1n) is 12.5. The van der Waals surface area contributed by atoms with Crippen molar-refractivity contribution in [3.8, 4) is 22.5 Å². The Kier molecular flexibility index (Phi) is 5.91. The molecule has 1 aliphatic heterocycles. The van der Waals surface area contributed by atoms with Crippen molar-refractivity contribution in [1.82, 2.24) is 44.6 Å². The van der Waals surface area contributed by atoms with E-state index in [1.807, 2.05) is 30.5 Å². The van der Waals surface area contributed by atoms with E-state index >= 15 is 0 Å². The van der Waals surface area contributed by atoms with Crippen LogP contribution in [0.4, 0.5) is 5.82 Å². The van der Waals surface area contributed by atoms with Crippen LogP contribution < -0.4 is 5.73 Å². The van der Waals surface area contributed by atoms with Gasteiger partial charge < -0.3 is 15.6 Å². The van der Waals surface area contributed by atoms with Crippen molar-refractivity contribution in [3.63, 3.8) is 0 Å². The van der Waals surface area contributed by atoms with Crippen LogP contribution in [0.15, 0.2) is 49.2 Å². The molecule has 6 rings (SSSR count). The molecule has 0 aliphatic carbocycles. The van der Waals surface area contributed by atoms with E-state index in [0.717, 1.165) is 22.5 Å². The molecule has 1 fully saturated rings. The molecule has 1 aliphatic rings. The highest BCUT2D eigenvalue weighted by Crippen LogP contribution is 2.35. The molecule has 0 spiro atoms. The number of nitrogens with one attached hydrogen (secondary N) is 2. The molecule has 1 saturated heterocycles. The van der Waals surface area contributed by atoms with Gasteiger partial charge in [-0.15, -0.1) is 0 Å². The van der Waals surface area contributed by atoms with Crippen LogP contribution in [-0.2, 0) is 0 Å². The highest BCUT2D eigenvalue weighted by molar-refractivity contribution is 6.02. The molecule has 12 heteroatoms. The number of nitrogens with zero attached hydrogens (tertiary/aromatic N) is 7. The summed E-state index contributed by atoms with van der Waals surface area (Å²) in [7, 11) is 0. The van der Waals surface area contributed by atoms with Crippen molar-refractivity contribution >= 4 is 23.2 Å². The lowest BCUT2D eigenvalue weighted by Gasteiger charge is -2.32. The number of aromatic amines is 2. The van der Waals surface area contributed by atoms with Crippen LogP contribution >= 0.6 is 0 Å². The van der Waals surface area contributed by atoms with Crippen molar-refractivity contribution in [1.29, 1.82) is 0 Å². The molecule has 0 unspecified atom stereocenters. The fourth-order valence-electron chi connectivity index (χ4n) is 5.01. The zero-order chi connectivity index (χ0) is 26.2. The SMILES string of the molecule is CCC(=O)c1c(C2CCN(C(=O)c3ncn[nH]3)CC2)nc2c(-c3ccc(-c4ccc[nH]4)nc3)cnn2c1N. The first-order valence-corrected chi connectivity index (χ1v) is 12.5. The van der Waals surface area contributed by atoms with Crippen molar-refractivity contribution in [2.45, 2.75) is 32.1 Å². The maximum atomic E-state index is 13.0. The predicted molar refractivity (Wildman–Crippen MR) is 139 cm³/mol. The monoisotopic (exact) mass is 510 g/mol. The number of nitrogen functional groups attached to an aromatic ring is 1. The fourth-order valence-corrected chi connectivity index (χ4v) is 5.01. The van der Waals surface area contributed by atoms with Gasteiger partial charge in [0.15, 0.2) is 11.4 Å². The summed E-state index contributed by atoms with van der Waals surface area (Å²) in [5, 5.41) is 10.9. The van der Waals surface area contributed by atoms with E-state index < -0.39 is 0 Å². The summed E-state index contributed by atoms with van der Waals surface area (Å²) in [5.41, 5.74) is 11.6. The Bertz CT molecular complexity index is 1600. The number of amides is 1. The summed E-state index contributed by atoms with van der Waals surface area (Å²) in [6.45, 7) is 2.82. The van der Waals surface area contributed by atoms with Gasteiger partial charge >= 0.3 is 0 Å². The summed E-state index contributed by atoms with van der Waals surface area (Å²) < 4.78 is 1.53. The number of likely N-dealkylation sites (tertiary alicyclic amines) is 1. The van der Waals surface area contributed by atoms with Crippen LogP contribution in [0.3, 0.4) is 0 Å². The Morgan fingerprint density at radius 3 is 2.63 bits per heavy atom. The summed E-state index contributed by atoms with van der Waals surface area (Å²) in [4.78, 5) is 44.2. The Hall–Kier alpha value is -4.87. The molecule has 0 radical (unpaired) electrons. The summed E-state index contributed by atoms with van der Waals surface area (Å²) in [5.74, 6) is 0.180. The maximum absolute atomic E-state index is 13.0. The van der Waals surface area contributed by atoms with E-state index in [9.17, 15) is 9.59 Å². The van der Waals surface area contributed by atoms with Gasteiger partial charge in [-0.25, -0.2) is 9.97 Å². The highest BCUT2D eigenvalue weighted by atomic mass is 16.2. The third kappa shape index (κ3) is 3.99. The average molecular weight is 511 g/mol. The Labute approximate surface area is 217 Å². The molecule has 0 bridgehead atoms. The topological polar surface area (TPSA) is 164 Å². The predicted octanol–water partition coefficient (Wildman–Crippen LogP) is 3.10. The van der Waals surface area contributed by atoms with Crippen molar-refractivity contribution in [2.75, 3.05) is 18.8 Å². The molecule has 6 heterocycles. The number of H-pyrrole nitrogens is 2. The number of fused-ring (bicyclic) bond motifs is 1. The minimum absolute atomic E-state index is 0.0392. The molecule has 0 saturated carbocycles. The number of carbonyl (C=O) groups excluding carboxylic acids is 2. The second kappa shape index (κ2) is 9.54. The lowest BCUT2D eigenvalue weighted by molar-refractivity contribution is 0.0699. The zero-order valence-electron chi connectivity index (χ0n) is 20.8. The minimum Gasteiger partial charge on any atom is -0.383 e. The number of rotatable bonds is 6. The van der Waals surface area contributed by atoms with Crippen LogP contribution in [0.25, 0.3) is 28.2 Å². The number of pyridine rings is 1. The normalized spacial score (nSPS) is 14.3. The Morgan fingerprint density at radius 2 is 1.97 bits per heavy atom. The van der Waals surface area contributed by atoms with Gasteiger partial charge in [0.2, 0.25) is 5.82 Å². The van der Waals surface area contributed by atoms with E-state index in [4.69, 9.17) is 10.7 Å². The fraction of sp³-hybridized carbons (Fsp3) is 0.269. The second-order valence-corrected chi connectivity index (χ2v) is 9.24. The van der Waals surface area contributed by atoms with Crippen LogP contribution in [0.5, 0.6) is 0 Å². The maximum Gasteiger partial charge on any atom is 0.291 e. The van der Waals surface area contributed by atoms with Gasteiger partial charge in [-0.1, -0.05) is 13.0 Å². The Morgan fingerprint density at radius 1 is 1.13 bits per heavy atom. The lowest BCUT2D eigenvalue weighted by Crippen LogP contribution is -2.39. The largest absolute Gasteiger partial charge is 0.383 e. The van der Waals surface area contributed by atoms with Gasteiger partial charge in [0.25, 0.3) is 5.91 Å². The number of Topliss-reactive ketones (excluding diaryl/α,β-unsaturated/α-hetero) is 1. The van der Waals surface area contributed by atoms with Gasteiger partial charge in [-0.05, 0) is 31.0 Å². The van der Waals surface area contributed by atoms with Gasteiger partial charge in [-0.3, -0.25) is 19.7 Å². The highest BCUT2D eigenvalue weighted by Gasteiger charge is 2.31. The number of carbonyl (C=O) groups is 2. The van der Waals surface area contributed by atoms with E-state index in [-0.39, 0.29) is 29.3 Å². The van der Waals surface area contributed by atoms with E-state index in [1.165, 1.54) is 10.8 Å². The summed E-state index contributed by atoms with van der Waals surface area (Å²) in [6.07, 6.45) is 8.23. The lowest BCUT2D eigenvalue weighted by atomic mass is 9.88. The van der Waals surface area contributed by atoms with E-state index in [1.54, 1.807) is 24.2 Å². The summed E-state index contributed by atoms with van der Waals surface area (Å²) in [6, 6.07) is 7.79. The Balaban J connectivity index is 1.35. The summed E-state index contributed by atoms with van der Waals surface area (Å²) >= 11 is 0. The van der Waals surface area contributed by atoms with Crippen LogP contribution in [0.1, 0.15) is 58.8 Å². The third-order valence-electron chi connectivity index (χ3n) is 7.05. The van der Waals surface area contributed by atoms with Crippen molar-refractivity contribution in [3.05, 3.63) is 66.3 Å². The number of aromatic nitrogens is 8. The first kappa shape index (κ1) is 23.5. The van der Waals surface area contributed by atoms with Crippen LogP contribution in [0.2, 0.25) is 0 Å². The molecule has 5 aromatic rings. The number of piperidine rings is 1. The number of hydrogen-bond acceptors (Lipinski definition) is 8. The zero-order valence-corrected chi connectivity index (χ0v) is 20.8. The van der Waals surface area contributed by atoms with Crippen molar-refractivity contribution < 1.29 is 9.59 Å². The molecule has 0 atom stereocenters. The van der Waals surface area contributed by atoms with Crippen molar-refractivity contribution in [2.24, 2.45) is 0 Å². The average Bonchev–Trinajstić information content (AvgIpc) is 3.74. The van der Waals surface area contributed by atoms with Crippen LogP contribution in [-0.4, -0.2) is 69.4 Å². The van der Waals surface area contributed by atoms with Gasteiger partial charge in [0.1, 0.15) is 12.1 Å². The number of nitrogens with two attached hydrogens (primary N) is 1. The molecule has 0 aromatic carbocycles. The molecule has 5 aromatic heterocycles. The molecule has 38 heavy (non-hydrogen) atoms. The van der Waals surface area contributed by atoms with E-state index in [2.05, 4.69) is 30.2 Å². The second-order valence-electron chi connectivity index (χ2n) is 9.24. The molecule has 192 valence electrons. The smallest absolute Gasteiger partial charge is 0.291 e. The minimum atomic E-state index is -0.192. The molecular weight excluding hydrogens is 484 g/mol. The standard InChI is InChI=1S/C26H26N10O2/c1-2-20(37)21-22(15-7-10-35(11-8-15)26(38)24-30-14-31-34-24)33-25-17(13-32-36(25)23(21)27)16-5-6-19(29-12-16)18-4-3-9-28-18/h3-6,9,12-15,28H,2,7-8,10-11,27H2,1H3,(H,30,31,34). The molecule has 12 nitrogen and oxygen atoms in total. The first-order chi connectivity index (χ1) is 18.5. The van der Waals surface area contributed by atoms with Gasteiger partial charge in [-0.2, -0.15) is 14.7 Å². The van der Waals surface area contributed by atoms with Crippen LogP contribution in [0, 0.1) is 0 Å². The number of anilines is 1. The van der Waals surface area contributed by atoms with Gasteiger partial charge in [0.05, 0.1) is 28.8 Å². The number of ketones is 1.